The molecule has 0 N–H and O–H groups in total. The number of aromatic nitrogens is 3. The molecule has 4 heteroatoms. The third-order valence-corrected chi connectivity index (χ3v) is 13.0. The number of pyridine rings is 1. The lowest BCUT2D eigenvalue weighted by Crippen LogP contribution is -2.34. The Labute approximate surface area is 354 Å². The van der Waals surface area contributed by atoms with E-state index in [1.54, 1.807) is 0 Å². The maximum Gasteiger partial charge on any atom is 0.160 e. The van der Waals surface area contributed by atoms with Crippen LogP contribution in [0.1, 0.15) is 22.3 Å². The monoisotopic (exact) mass is 783 g/mol. The second-order valence-electron chi connectivity index (χ2n) is 15.1. The predicted octanol–water partition coefficient (Wildman–Crippen LogP) is 14.2. The number of benzene rings is 8. The van der Waals surface area contributed by atoms with Crippen molar-refractivity contribution in [3.63, 3.8) is 0 Å². The lowest BCUT2D eigenvalue weighted by molar-refractivity contribution is 0.704. The van der Waals surface area contributed by atoms with E-state index < -0.39 is 5.41 Å². The average Bonchev–Trinajstić information content (AvgIpc) is 3.34. The Morgan fingerprint density at radius 3 is 1.52 bits per heavy atom. The normalized spacial score (nSPS) is 12.7. The molecule has 0 unspecified atom stereocenters. The van der Waals surface area contributed by atoms with Gasteiger partial charge in [-0.1, -0.05) is 218 Å². The summed E-state index contributed by atoms with van der Waals surface area (Å²) in [6, 6.07) is 78.1. The second kappa shape index (κ2) is 15.1. The van der Waals surface area contributed by atoms with E-state index >= 15 is 0 Å². The van der Waals surface area contributed by atoms with Gasteiger partial charge in [0, 0.05) is 43.6 Å². The van der Waals surface area contributed by atoms with Crippen LogP contribution in [0.25, 0.3) is 67.1 Å². The summed E-state index contributed by atoms with van der Waals surface area (Å²) in [5, 5.41) is 1.13. The third kappa shape index (κ3) is 6.04. The van der Waals surface area contributed by atoms with Gasteiger partial charge in [-0.15, -0.1) is 0 Å². The molecule has 60 heavy (non-hydrogen) atoms. The minimum Gasteiger partial charge on any atom is -0.256 e. The summed E-state index contributed by atoms with van der Waals surface area (Å²) in [4.78, 5) is 17.7. The largest absolute Gasteiger partial charge is 0.256 e. The summed E-state index contributed by atoms with van der Waals surface area (Å²) in [7, 11) is 0. The summed E-state index contributed by atoms with van der Waals surface area (Å²) < 4.78 is 0. The molecule has 282 valence electrons. The van der Waals surface area contributed by atoms with Gasteiger partial charge < -0.3 is 0 Å². The Morgan fingerprint density at radius 2 is 0.867 bits per heavy atom. The Bertz CT molecular complexity index is 3050. The molecule has 0 amide bonds. The molecule has 3 heterocycles. The molecule has 1 aliphatic heterocycles. The van der Waals surface area contributed by atoms with E-state index in [4.69, 9.17) is 15.0 Å². The Hall–Kier alpha value is -7.40. The number of fused-ring (bicyclic) bond motifs is 3. The predicted molar refractivity (Wildman–Crippen MR) is 247 cm³/mol. The summed E-state index contributed by atoms with van der Waals surface area (Å²) in [6.45, 7) is 0. The van der Waals surface area contributed by atoms with Gasteiger partial charge in [0.25, 0.3) is 0 Å². The van der Waals surface area contributed by atoms with Crippen molar-refractivity contribution in [3.8, 4) is 56.2 Å². The maximum atomic E-state index is 5.37. The maximum absolute atomic E-state index is 5.37. The van der Waals surface area contributed by atoms with Crippen LogP contribution in [0.3, 0.4) is 0 Å². The van der Waals surface area contributed by atoms with Crippen LogP contribution in [0.15, 0.2) is 234 Å². The van der Waals surface area contributed by atoms with Crippen LogP contribution in [0.5, 0.6) is 0 Å². The van der Waals surface area contributed by atoms with Crippen LogP contribution in [0.2, 0.25) is 0 Å². The quantitative estimate of drug-likeness (QED) is 0.161. The second-order valence-corrected chi connectivity index (χ2v) is 16.1. The topological polar surface area (TPSA) is 38.7 Å². The van der Waals surface area contributed by atoms with Gasteiger partial charge in [-0.25, -0.2) is 9.97 Å². The first-order valence-electron chi connectivity index (χ1n) is 20.3. The standard InChI is InChI=1S/C56H37N3S/c1-5-17-40(18-6-1)50-37-51(59-55(58-50)42-19-7-2-8-20-42)47-29-15-31-49-54(47)60-53-46(39-34-32-38(33-35-39)45-27-13-21-41-22-16-36-57-52(41)45)28-14-30-48(53)56(49,43-23-9-3-10-24-43)44-25-11-4-12-26-44/h1-37H. The lowest BCUT2D eigenvalue weighted by atomic mass is 9.64. The average molecular weight is 784 g/mol. The van der Waals surface area contributed by atoms with Gasteiger partial charge in [-0.05, 0) is 51.1 Å². The molecule has 10 aromatic rings. The number of hydrogen-bond donors (Lipinski definition) is 0. The molecule has 0 saturated carbocycles. The molecule has 2 aromatic heterocycles. The number of hydrogen-bond acceptors (Lipinski definition) is 4. The van der Waals surface area contributed by atoms with Crippen LogP contribution >= 0.6 is 11.8 Å². The van der Waals surface area contributed by atoms with Crippen molar-refractivity contribution in [2.45, 2.75) is 15.2 Å². The molecular weight excluding hydrogens is 747 g/mol. The fraction of sp³-hybridized carbons (Fsp3) is 0.0179. The van der Waals surface area contributed by atoms with Crippen molar-refractivity contribution in [2.24, 2.45) is 0 Å². The molecule has 0 aliphatic carbocycles. The van der Waals surface area contributed by atoms with Crippen molar-refractivity contribution in [3.05, 3.63) is 247 Å². The smallest absolute Gasteiger partial charge is 0.160 e. The van der Waals surface area contributed by atoms with E-state index in [2.05, 4.69) is 188 Å². The molecule has 3 nitrogen and oxygen atoms in total. The van der Waals surface area contributed by atoms with Gasteiger partial charge in [0.2, 0.25) is 0 Å². The van der Waals surface area contributed by atoms with Gasteiger partial charge >= 0.3 is 0 Å². The fourth-order valence-corrected chi connectivity index (χ4v) is 10.4. The first-order valence-corrected chi connectivity index (χ1v) is 21.1. The Kier molecular flexibility index (Phi) is 8.98. The van der Waals surface area contributed by atoms with Crippen molar-refractivity contribution in [1.82, 2.24) is 15.0 Å². The zero-order chi connectivity index (χ0) is 39.9. The van der Waals surface area contributed by atoms with E-state index in [9.17, 15) is 0 Å². The summed E-state index contributed by atoms with van der Waals surface area (Å²) in [5.74, 6) is 0.699. The highest BCUT2D eigenvalue weighted by Gasteiger charge is 2.45. The number of para-hydroxylation sites is 1. The van der Waals surface area contributed by atoms with Crippen LogP contribution in [0, 0.1) is 0 Å². The molecule has 11 rings (SSSR count). The van der Waals surface area contributed by atoms with Crippen molar-refractivity contribution >= 4 is 22.7 Å². The van der Waals surface area contributed by atoms with Gasteiger partial charge in [-0.3, -0.25) is 4.98 Å². The fourth-order valence-electron chi connectivity index (χ4n) is 8.95. The molecule has 0 atom stereocenters. The SMILES string of the molecule is c1ccc(-c2cc(-c3cccc4c3Sc3c(-c5ccc(-c6cccc7cccnc67)cc5)cccc3C4(c3ccccc3)c3ccccc3)nc(-c3ccccc3)n2)cc1. The van der Waals surface area contributed by atoms with Crippen molar-refractivity contribution < 1.29 is 0 Å². The third-order valence-electron chi connectivity index (χ3n) is 11.7. The first kappa shape index (κ1) is 35.7. The summed E-state index contributed by atoms with van der Waals surface area (Å²) in [5.41, 5.74) is 14.8. The van der Waals surface area contributed by atoms with E-state index in [1.165, 1.54) is 37.6 Å². The van der Waals surface area contributed by atoms with Gasteiger partial charge in [0.1, 0.15) is 0 Å². The molecule has 0 radical (unpaired) electrons. The highest BCUT2D eigenvalue weighted by molar-refractivity contribution is 7.99. The first-order chi connectivity index (χ1) is 29.8. The Balaban J connectivity index is 1.16. The highest BCUT2D eigenvalue weighted by Crippen LogP contribution is 2.59. The molecular formula is C56H37N3S. The van der Waals surface area contributed by atoms with E-state index in [1.807, 2.05) is 48.3 Å². The molecule has 0 fully saturated rings. The minimum atomic E-state index is -0.628. The van der Waals surface area contributed by atoms with E-state index in [0.717, 1.165) is 55.7 Å². The van der Waals surface area contributed by atoms with Crippen LogP contribution in [-0.4, -0.2) is 15.0 Å². The molecule has 8 aromatic carbocycles. The zero-order valence-electron chi connectivity index (χ0n) is 32.6. The van der Waals surface area contributed by atoms with Crippen LogP contribution in [-0.2, 0) is 5.41 Å². The number of nitrogens with zero attached hydrogens (tertiary/aromatic N) is 3. The van der Waals surface area contributed by atoms with Crippen LogP contribution in [0.4, 0.5) is 0 Å². The molecule has 0 bridgehead atoms. The summed E-state index contributed by atoms with van der Waals surface area (Å²) >= 11 is 1.85. The highest BCUT2D eigenvalue weighted by atomic mass is 32.2. The molecule has 0 spiro atoms. The van der Waals surface area contributed by atoms with Gasteiger partial charge in [-0.2, -0.15) is 0 Å². The van der Waals surface area contributed by atoms with Crippen molar-refractivity contribution in [2.75, 3.05) is 0 Å². The summed E-state index contributed by atoms with van der Waals surface area (Å²) in [6.07, 6.45) is 1.87. The molecule has 0 saturated heterocycles. The van der Waals surface area contributed by atoms with Crippen LogP contribution < -0.4 is 0 Å². The van der Waals surface area contributed by atoms with Gasteiger partial charge in [0.05, 0.1) is 22.3 Å². The Morgan fingerprint density at radius 1 is 0.367 bits per heavy atom. The number of rotatable bonds is 7. The lowest BCUT2D eigenvalue weighted by Gasteiger charge is -2.43. The molecule has 1 aliphatic rings. The van der Waals surface area contributed by atoms with E-state index in [-0.39, 0.29) is 0 Å². The zero-order valence-corrected chi connectivity index (χ0v) is 33.4. The van der Waals surface area contributed by atoms with E-state index in [0.29, 0.717) is 5.82 Å². The minimum absolute atomic E-state index is 0.628. The van der Waals surface area contributed by atoms with Crippen molar-refractivity contribution in [1.29, 1.82) is 0 Å². The van der Waals surface area contributed by atoms with Gasteiger partial charge in [0.15, 0.2) is 5.82 Å².